The van der Waals surface area contributed by atoms with Crippen LogP contribution in [-0.2, 0) is 16.8 Å². The Balaban J connectivity index is 1.75. The van der Waals surface area contributed by atoms with Crippen LogP contribution < -0.4 is 9.96 Å². The zero-order chi connectivity index (χ0) is 24.5. The van der Waals surface area contributed by atoms with Gasteiger partial charge in [0.25, 0.3) is 5.91 Å². The highest BCUT2D eigenvalue weighted by atomic mass is 16.5. The number of rotatable bonds is 6. The SMILES string of the molecule is CC(C)CNC(=O)C1=C[N+]([O-])(c2cccc(-c3ccc(C(C)(C)O)nc3)c2)c2ncccc2C1. The summed E-state index contributed by atoms with van der Waals surface area (Å²) in [6.45, 7) is 7.96. The van der Waals surface area contributed by atoms with Gasteiger partial charge in [-0.05, 0) is 43.5 Å². The molecule has 3 aromatic rings. The number of amides is 1. The lowest BCUT2D eigenvalue weighted by Crippen LogP contribution is -2.39. The molecular weight excluding hydrogens is 428 g/mol. The number of aromatic nitrogens is 2. The molecule has 4 rings (SSSR count). The third-order valence-corrected chi connectivity index (χ3v) is 5.82. The van der Waals surface area contributed by atoms with Gasteiger partial charge in [-0.3, -0.25) is 14.4 Å². The Morgan fingerprint density at radius 3 is 2.62 bits per heavy atom. The van der Waals surface area contributed by atoms with E-state index >= 15 is 0 Å². The molecule has 0 fully saturated rings. The molecule has 0 saturated carbocycles. The fraction of sp³-hybridized carbons (Fsp3) is 0.296. The van der Waals surface area contributed by atoms with E-state index in [-0.39, 0.29) is 5.91 Å². The lowest BCUT2D eigenvalue weighted by atomic mass is 9.99. The van der Waals surface area contributed by atoms with Crippen LogP contribution in [0.2, 0.25) is 0 Å². The second-order valence-corrected chi connectivity index (χ2v) is 9.62. The maximum absolute atomic E-state index is 14.3. The molecule has 0 spiro atoms. The van der Waals surface area contributed by atoms with Crippen LogP contribution in [0, 0.1) is 11.1 Å². The first-order chi connectivity index (χ1) is 16.1. The summed E-state index contributed by atoms with van der Waals surface area (Å²) < 4.78 is -0.955. The fourth-order valence-corrected chi connectivity index (χ4v) is 3.96. The van der Waals surface area contributed by atoms with Crippen LogP contribution in [0.5, 0.6) is 0 Å². The average Bonchev–Trinajstić information content (AvgIpc) is 2.82. The van der Waals surface area contributed by atoms with Crippen molar-refractivity contribution >= 4 is 17.4 Å². The normalized spacial score (nSPS) is 17.8. The van der Waals surface area contributed by atoms with Crippen LogP contribution in [0.15, 0.2) is 72.7 Å². The van der Waals surface area contributed by atoms with Gasteiger partial charge in [0.05, 0.1) is 11.3 Å². The summed E-state index contributed by atoms with van der Waals surface area (Å²) in [7, 11) is 0. The molecule has 1 aliphatic rings. The van der Waals surface area contributed by atoms with Crippen molar-refractivity contribution in [2.45, 2.75) is 39.7 Å². The number of carbonyl (C=O) groups excluding carboxylic acids is 1. The number of pyridine rings is 2. The Kier molecular flexibility index (Phi) is 6.36. The predicted molar refractivity (Wildman–Crippen MR) is 134 cm³/mol. The highest BCUT2D eigenvalue weighted by Crippen LogP contribution is 2.41. The number of quaternary nitrogens is 1. The van der Waals surface area contributed by atoms with E-state index < -0.39 is 10.2 Å². The molecule has 7 heteroatoms. The van der Waals surface area contributed by atoms with Gasteiger partial charge in [-0.1, -0.05) is 32.0 Å². The number of hydroxylamine groups is 1. The van der Waals surface area contributed by atoms with Crippen molar-refractivity contribution in [2.24, 2.45) is 5.92 Å². The molecular formula is C27H30N4O3. The zero-order valence-electron chi connectivity index (χ0n) is 19.9. The van der Waals surface area contributed by atoms with Gasteiger partial charge in [0, 0.05) is 48.6 Å². The Bertz CT molecular complexity index is 1230. The Labute approximate surface area is 200 Å². The van der Waals surface area contributed by atoms with Crippen molar-refractivity contribution in [2.75, 3.05) is 6.54 Å². The van der Waals surface area contributed by atoms with Crippen molar-refractivity contribution in [3.8, 4) is 11.1 Å². The first-order valence-electron chi connectivity index (χ1n) is 11.4. The van der Waals surface area contributed by atoms with Crippen molar-refractivity contribution in [1.29, 1.82) is 0 Å². The van der Waals surface area contributed by atoms with E-state index in [2.05, 4.69) is 15.3 Å². The van der Waals surface area contributed by atoms with E-state index in [1.807, 2.05) is 38.1 Å². The first-order valence-corrected chi connectivity index (χ1v) is 11.4. The number of nitrogens with one attached hydrogen (secondary N) is 1. The highest BCUT2D eigenvalue weighted by molar-refractivity contribution is 5.95. The number of aliphatic hydroxyl groups is 1. The summed E-state index contributed by atoms with van der Waals surface area (Å²) in [5.41, 5.74) is 2.76. The molecule has 34 heavy (non-hydrogen) atoms. The molecule has 0 saturated heterocycles. The van der Waals surface area contributed by atoms with Crippen LogP contribution in [0.3, 0.4) is 0 Å². The fourth-order valence-electron chi connectivity index (χ4n) is 3.96. The summed E-state index contributed by atoms with van der Waals surface area (Å²) in [4.78, 5) is 21.6. The largest absolute Gasteiger partial charge is 0.616 e. The Morgan fingerprint density at radius 1 is 1.15 bits per heavy atom. The van der Waals surface area contributed by atoms with Gasteiger partial charge in [0.15, 0.2) is 0 Å². The van der Waals surface area contributed by atoms with Gasteiger partial charge in [0.1, 0.15) is 17.5 Å². The smallest absolute Gasteiger partial charge is 0.252 e. The molecule has 2 N–H and O–H groups in total. The number of hydrogen-bond donors (Lipinski definition) is 2. The second kappa shape index (κ2) is 9.10. The Hall–Kier alpha value is -3.39. The van der Waals surface area contributed by atoms with Gasteiger partial charge in [-0.25, -0.2) is 4.98 Å². The molecule has 2 aromatic heterocycles. The molecule has 3 heterocycles. The maximum atomic E-state index is 14.3. The summed E-state index contributed by atoms with van der Waals surface area (Å²) in [5.74, 6) is 0.432. The van der Waals surface area contributed by atoms with Crippen LogP contribution in [-0.4, -0.2) is 27.5 Å². The minimum Gasteiger partial charge on any atom is -0.616 e. The molecule has 1 unspecified atom stereocenters. The van der Waals surface area contributed by atoms with Gasteiger partial charge in [-0.2, -0.15) is 0 Å². The lowest BCUT2D eigenvalue weighted by Gasteiger charge is -2.40. The molecule has 1 aliphatic heterocycles. The predicted octanol–water partition coefficient (Wildman–Crippen LogP) is 4.72. The quantitative estimate of drug-likeness (QED) is 0.411. The summed E-state index contributed by atoms with van der Waals surface area (Å²) >= 11 is 0. The van der Waals surface area contributed by atoms with E-state index in [1.54, 1.807) is 50.5 Å². The number of benzene rings is 1. The second-order valence-electron chi connectivity index (χ2n) is 9.62. The van der Waals surface area contributed by atoms with Crippen molar-refractivity contribution in [1.82, 2.24) is 19.9 Å². The number of nitrogens with zero attached hydrogens (tertiary/aromatic N) is 3. The minimum atomic E-state index is -1.04. The standard InChI is InChI=1S/C27H30N4O3/c1-18(2)15-30-26(32)22-13-20-8-6-12-28-25(20)31(34,17-22)23-9-5-7-19(14-23)21-10-11-24(29-16-21)27(3,4)33/h5-12,14,16-18,33H,13,15H2,1-4H3,(H,30,32). The lowest BCUT2D eigenvalue weighted by molar-refractivity contribution is -0.117. The molecule has 7 nitrogen and oxygen atoms in total. The van der Waals surface area contributed by atoms with Gasteiger partial charge >= 0.3 is 0 Å². The topological polar surface area (TPSA) is 98.2 Å². The van der Waals surface area contributed by atoms with E-state index in [1.165, 1.54) is 6.20 Å². The Morgan fingerprint density at radius 2 is 1.94 bits per heavy atom. The van der Waals surface area contributed by atoms with Gasteiger partial charge in [-0.15, -0.1) is 0 Å². The van der Waals surface area contributed by atoms with E-state index in [0.29, 0.717) is 41.7 Å². The van der Waals surface area contributed by atoms with Crippen molar-refractivity contribution < 1.29 is 9.90 Å². The first kappa shape index (κ1) is 23.8. The number of hydrogen-bond acceptors (Lipinski definition) is 5. The van der Waals surface area contributed by atoms with Gasteiger partial charge in [0.2, 0.25) is 5.82 Å². The average molecular weight is 459 g/mol. The molecule has 0 radical (unpaired) electrons. The van der Waals surface area contributed by atoms with Crippen LogP contribution in [0.4, 0.5) is 11.5 Å². The third-order valence-electron chi connectivity index (χ3n) is 5.82. The molecule has 1 amide bonds. The molecule has 176 valence electrons. The molecule has 1 atom stereocenters. The summed E-state index contributed by atoms with van der Waals surface area (Å²) in [6, 6.07) is 14.5. The number of fused-ring (bicyclic) bond motifs is 1. The van der Waals surface area contributed by atoms with Gasteiger partial charge < -0.3 is 15.6 Å². The molecule has 0 bridgehead atoms. The van der Waals surface area contributed by atoms with E-state index in [4.69, 9.17) is 0 Å². The molecule has 1 aromatic carbocycles. The van der Waals surface area contributed by atoms with Crippen molar-refractivity contribution in [3.05, 3.63) is 89.2 Å². The highest BCUT2D eigenvalue weighted by Gasteiger charge is 2.34. The van der Waals surface area contributed by atoms with E-state index in [9.17, 15) is 15.1 Å². The third kappa shape index (κ3) is 4.77. The molecule has 0 aliphatic carbocycles. The van der Waals surface area contributed by atoms with Crippen molar-refractivity contribution in [3.63, 3.8) is 0 Å². The maximum Gasteiger partial charge on any atom is 0.252 e. The number of carbonyl (C=O) groups is 1. The summed E-state index contributed by atoms with van der Waals surface area (Å²) in [6.07, 6.45) is 5.10. The van der Waals surface area contributed by atoms with E-state index in [0.717, 1.165) is 16.7 Å². The van der Waals surface area contributed by atoms with Crippen LogP contribution >= 0.6 is 0 Å². The summed E-state index contributed by atoms with van der Waals surface area (Å²) in [5, 5.41) is 27.4. The minimum absolute atomic E-state index is 0.232. The monoisotopic (exact) mass is 458 g/mol. The van der Waals surface area contributed by atoms with Crippen LogP contribution in [0.1, 0.15) is 39.0 Å². The van der Waals surface area contributed by atoms with Crippen LogP contribution in [0.25, 0.3) is 11.1 Å². The zero-order valence-corrected chi connectivity index (χ0v) is 19.9.